The van der Waals surface area contributed by atoms with E-state index in [9.17, 15) is 14.9 Å². The highest BCUT2D eigenvalue weighted by Gasteiger charge is 2.11. The van der Waals surface area contributed by atoms with Crippen molar-refractivity contribution in [2.75, 3.05) is 0 Å². The maximum absolute atomic E-state index is 10.7. The van der Waals surface area contributed by atoms with E-state index in [1.165, 1.54) is 6.07 Å². The molecule has 1 aromatic rings. The molecule has 7 heteroatoms. The Morgan fingerprint density at radius 3 is 2.87 bits per heavy atom. The number of hydrogen-bond donors (Lipinski definition) is 2. The Morgan fingerprint density at radius 2 is 2.40 bits per heavy atom. The van der Waals surface area contributed by atoms with Gasteiger partial charge in [0, 0.05) is 17.5 Å². The van der Waals surface area contributed by atoms with Crippen LogP contribution in [-0.2, 0) is 11.3 Å². The second kappa shape index (κ2) is 4.85. The van der Waals surface area contributed by atoms with E-state index in [2.05, 4.69) is 5.32 Å². The van der Waals surface area contributed by atoms with Crippen molar-refractivity contribution in [3.63, 3.8) is 0 Å². The lowest BCUT2D eigenvalue weighted by molar-refractivity contribution is -0.380. The summed E-state index contributed by atoms with van der Waals surface area (Å²) in [4.78, 5) is 21.4. The van der Waals surface area contributed by atoms with Crippen LogP contribution < -0.4 is 11.1 Å². The summed E-state index contributed by atoms with van der Waals surface area (Å²) in [5, 5.41) is 13.3. The molecule has 0 aliphatic rings. The molecule has 0 radical (unpaired) electrons. The van der Waals surface area contributed by atoms with Gasteiger partial charge < -0.3 is 11.1 Å². The van der Waals surface area contributed by atoms with Crippen molar-refractivity contribution in [3.8, 4) is 0 Å². The highest BCUT2D eigenvalue weighted by atomic mass is 32.1. The fraction of sp³-hybridized carbons (Fsp3) is 0.375. The van der Waals surface area contributed by atoms with Gasteiger partial charge in [-0.25, -0.2) is 0 Å². The number of nitro groups is 1. The Labute approximate surface area is 90.2 Å². The van der Waals surface area contributed by atoms with E-state index in [1.54, 1.807) is 13.0 Å². The van der Waals surface area contributed by atoms with Gasteiger partial charge >= 0.3 is 5.00 Å². The van der Waals surface area contributed by atoms with Gasteiger partial charge in [-0.1, -0.05) is 11.3 Å². The molecule has 0 aliphatic carbocycles. The quantitative estimate of drug-likeness (QED) is 0.571. The fourth-order valence-electron chi connectivity index (χ4n) is 0.914. The second-order valence-electron chi connectivity index (χ2n) is 3.00. The van der Waals surface area contributed by atoms with Crippen LogP contribution in [0.2, 0.25) is 0 Å². The van der Waals surface area contributed by atoms with Crippen molar-refractivity contribution in [2.24, 2.45) is 5.73 Å². The van der Waals surface area contributed by atoms with E-state index < -0.39 is 16.9 Å². The summed E-state index contributed by atoms with van der Waals surface area (Å²) in [5.41, 5.74) is 5.05. The third-order valence-corrected chi connectivity index (χ3v) is 2.87. The minimum absolute atomic E-state index is 0.0959. The average Bonchev–Trinajstić information content (AvgIpc) is 2.62. The Balaban J connectivity index is 2.51. The summed E-state index contributed by atoms with van der Waals surface area (Å²) >= 11 is 1.08. The number of nitrogens with zero attached hydrogens (tertiary/aromatic N) is 1. The Morgan fingerprint density at radius 1 is 1.73 bits per heavy atom. The number of nitrogens with one attached hydrogen (secondary N) is 1. The smallest absolute Gasteiger partial charge is 0.324 e. The molecule has 1 amide bonds. The van der Waals surface area contributed by atoms with Gasteiger partial charge in [-0.2, -0.15) is 0 Å². The van der Waals surface area contributed by atoms with Crippen molar-refractivity contribution >= 4 is 22.2 Å². The molecule has 0 fully saturated rings. The van der Waals surface area contributed by atoms with Gasteiger partial charge in [0.2, 0.25) is 5.91 Å². The van der Waals surface area contributed by atoms with Gasteiger partial charge in [0.1, 0.15) is 0 Å². The van der Waals surface area contributed by atoms with Gasteiger partial charge in [-0.3, -0.25) is 14.9 Å². The number of thiophene rings is 1. The molecule has 0 saturated heterocycles. The Bertz CT molecular complexity index is 377. The molecule has 82 valence electrons. The molecule has 3 N–H and O–H groups in total. The van der Waals surface area contributed by atoms with Crippen molar-refractivity contribution < 1.29 is 9.72 Å². The van der Waals surface area contributed by atoms with E-state index in [0.29, 0.717) is 6.54 Å². The van der Waals surface area contributed by atoms with Crippen molar-refractivity contribution in [2.45, 2.75) is 19.5 Å². The van der Waals surface area contributed by atoms with Gasteiger partial charge in [0.05, 0.1) is 11.0 Å². The molecule has 0 unspecified atom stereocenters. The maximum Gasteiger partial charge on any atom is 0.324 e. The Kier molecular flexibility index (Phi) is 3.75. The van der Waals surface area contributed by atoms with E-state index >= 15 is 0 Å². The van der Waals surface area contributed by atoms with Crippen molar-refractivity contribution in [1.82, 2.24) is 5.32 Å². The summed E-state index contributed by atoms with van der Waals surface area (Å²) < 4.78 is 0. The molecular weight excluding hydrogens is 218 g/mol. The molecule has 1 heterocycles. The molecule has 0 aliphatic heterocycles. The largest absolute Gasteiger partial charge is 0.368 e. The first-order valence-electron chi connectivity index (χ1n) is 4.26. The minimum atomic E-state index is -0.443. The first-order chi connectivity index (χ1) is 7.00. The van der Waals surface area contributed by atoms with Crippen LogP contribution in [0, 0.1) is 10.1 Å². The highest BCUT2D eigenvalue weighted by Crippen LogP contribution is 2.23. The average molecular weight is 229 g/mol. The summed E-state index contributed by atoms with van der Waals surface area (Å²) in [6.07, 6.45) is 0. The number of primary amides is 1. The van der Waals surface area contributed by atoms with Crippen LogP contribution in [0.15, 0.2) is 12.1 Å². The van der Waals surface area contributed by atoms with Gasteiger partial charge in [-0.05, 0) is 13.0 Å². The van der Waals surface area contributed by atoms with Crippen LogP contribution in [0.3, 0.4) is 0 Å². The van der Waals surface area contributed by atoms with Crippen LogP contribution in [0.5, 0.6) is 0 Å². The highest BCUT2D eigenvalue weighted by molar-refractivity contribution is 7.15. The standard InChI is InChI=1S/C8H11N3O3S/c1-5(8(9)12)10-4-6-2-3-7(15-6)11(13)14/h2-3,5,10H,4H2,1H3,(H2,9,12)/t5-/m0/s1. The zero-order valence-corrected chi connectivity index (χ0v) is 8.91. The molecule has 15 heavy (non-hydrogen) atoms. The lowest BCUT2D eigenvalue weighted by atomic mass is 10.3. The summed E-state index contributed by atoms with van der Waals surface area (Å²) in [6, 6.07) is 2.66. The fourth-order valence-corrected chi connectivity index (χ4v) is 1.68. The molecule has 0 spiro atoms. The number of carbonyl (C=O) groups excluding carboxylic acids is 1. The number of carbonyl (C=O) groups is 1. The van der Waals surface area contributed by atoms with Gasteiger partial charge in [-0.15, -0.1) is 0 Å². The van der Waals surface area contributed by atoms with Gasteiger partial charge in [0.15, 0.2) is 0 Å². The summed E-state index contributed by atoms with van der Waals surface area (Å²) in [6.45, 7) is 2.05. The summed E-state index contributed by atoms with van der Waals surface area (Å²) in [5.74, 6) is -0.443. The number of rotatable bonds is 5. The third kappa shape index (κ3) is 3.30. The second-order valence-corrected chi connectivity index (χ2v) is 4.15. The minimum Gasteiger partial charge on any atom is -0.368 e. The van der Waals surface area contributed by atoms with E-state index in [-0.39, 0.29) is 5.00 Å². The van der Waals surface area contributed by atoms with Crippen LogP contribution in [0.4, 0.5) is 5.00 Å². The first-order valence-corrected chi connectivity index (χ1v) is 5.08. The van der Waals surface area contributed by atoms with Crippen LogP contribution in [-0.4, -0.2) is 16.9 Å². The predicted molar refractivity (Wildman–Crippen MR) is 56.5 cm³/mol. The van der Waals surface area contributed by atoms with Crippen molar-refractivity contribution in [1.29, 1.82) is 0 Å². The molecule has 0 bridgehead atoms. The van der Waals surface area contributed by atoms with Crippen LogP contribution in [0.1, 0.15) is 11.8 Å². The lowest BCUT2D eigenvalue weighted by Gasteiger charge is -2.07. The zero-order valence-electron chi connectivity index (χ0n) is 8.10. The zero-order chi connectivity index (χ0) is 11.4. The molecular formula is C8H11N3O3S. The normalized spacial score (nSPS) is 12.3. The SMILES string of the molecule is C[C@H](NCc1ccc([N+](=O)[O-])s1)C(N)=O. The molecule has 0 saturated carbocycles. The van der Waals surface area contributed by atoms with Crippen LogP contribution >= 0.6 is 11.3 Å². The molecule has 6 nitrogen and oxygen atoms in total. The Hall–Kier alpha value is -1.47. The van der Waals surface area contributed by atoms with Crippen LogP contribution in [0.25, 0.3) is 0 Å². The maximum atomic E-state index is 10.7. The number of hydrogen-bond acceptors (Lipinski definition) is 5. The number of nitrogens with two attached hydrogens (primary N) is 1. The first kappa shape index (κ1) is 11.6. The summed E-state index contributed by atoms with van der Waals surface area (Å²) in [7, 11) is 0. The monoisotopic (exact) mass is 229 g/mol. The predicted octanol–water partition coefficient (Wildman–Crippen LogP) is 0.620. The van der Waals surface area contributed by atoms with E-state index in [4.69, 9.17) is 5.73 Å². The lowest BCUT2D eigenvalue weighted by Crippen LogP contribution is -2.38. The van der Waals surface area contributed by atoms with E-state index in [0.717, 1.165) is 16.2 Å². The number of amides is 1. The van der Waals surface area contributed by atoms with Gasteiger partial charge in [0.25, 0.3) is 0 Å². The molecule has 0 aromatic carbocycles. The van der Waals surface area contributed by atoms with E-state index in [1.807, 2.05) is 0 Å². The topological polar surface area (TPSA) is 98.3 Å². The van der Waals surface area contributed by atoms with Crippen molar-refractivity contribution in [3.05, 3.63) is 27.1 Å². The molecule has 1 rings (SSSR count). The third-order valence-electron chi connectivity index (χ3n) is 1.84. The molecule has 1 aromatic heterocycles. The molecule has 1 atom stereocenters.